The molecule has 1 aromatic carbocycles. The topological polar surface area (TPSA) is 103 Å². The van der Waals surface area contributed by atoms with E-state index in [2.05, 4.69) is 20.3 Å². The monoisotopic (exact) mass is 266 g/mol. The smallest absolute Gasteiger partial charge is 0.300 e. The van der Waals surface area contributed by atoms with Crippen LogP contribution in [-0.4, -0.2) is 34.5 Å². The van der Waals surface area contributed by atoms with Gasteiger partial charge in [-0.05, 0) is 30.2 Å². The van der Waals surface area contributed by atoms with Crippen molar-refractivity contribution in [2.45, 2.75) is 20.0 Å². The van der Waals surface area contributed by atoms with Gasteiger partial charge in [0.25, 0.3) is 0 Å². The summed E-state index contributed by atoms with van der Waals surface area (Å²) in [6, 6.07) is 2.96. The molecule has 0 fully saturated rings. The fourth-order valence-electron chi connectivity index (χ4n) is 1.74. The van der Waals surface area contributed by atoms with Crippen LogP contribution in [0.25, 0.3) is 11.0 Å². The molecular weight excluding hydrogens is 252 g/mol. The summed E-state index contributed by atoms with van der Waals surface area (Å²) >= 11 is 0. The second-order valence-electron chi connectivity index (χ2n) is 4.00. The number of rotatable bonds is 6. The van der Waals surface area contributed by atoms with Gasteiger partial charge in [0.15, 0.2) is 5.52 Å². The average Bonchev–Trinajstić information content (AvgIpc) is 2.85. The number of nitro groups is 1. The van der Waals surface area contributed by atoms with Crippen molar-refractivity contribution in [3.05, 3.63) is 22.2 Å². The molecule has 2 rings (SSSR count). The number of nitrogens with zero attached hydrogens (tertiary/aromatic N) is 3. The highest BCUT2D eigenvalue weighted by molar-refractivity contribution is 5.93. The van der Waals surface area contributed by atoms with Crippen molar-refractivity contribution in [3.63, 3.8) is 0 Å². The Morgan fingerprint density at radius 3 is 2.89 bits per heavy atom. The lowest BCUT2D eigenvalue weighted by atomic mass is 10.2. The Hall–Kier alpha value is -2.22. The molecule has 8 heteroatoms. The lowest BCUT2D eigenvalue weighted by Crippen LogP contribution is -2.19. The van der Waals surface area contributed by atoms with Gasteiger partial charge in [-0.15, -0.1) is 0 Å². The maximum Gasteiger partial charge on any atom is 0.300 e. The van der Waals surface area contributed by atoms with Crippen LogP contribution in [0.15, 0.2) is 16.8 Å². The van der Waals surface area contributed by atoms with E-state index in [0.717, 1.165) is 0 Å². The Balaban J connectivity index is 2.23. The molecule has 0 saturated heterocycles. The van der Waals surface area contributed by atoms with E-state index in [4.69, 9.17) is 4.74 Å². The van der Waals surface area contributed by atoms with Gasteiger partial charge in [-0.3, -0.25) is 10.1 Å². The molecule has 102 valence electrons. The standard InChI is InChI=1S/C11H14N4O4/c1-3-18-7(2)6-12-8-4-5-9(15(16)17)11-10(8)13-19-14-11/h4-5,7,12H,3,6H2,1-2H3. The second kappa shape index (κ2) is 5.61. The van der Waals surface area contributed by atoms with Crippen molar-refractivity contribution in [2.75, 3.05) is 18.5 Å². The van der Waals surface area contributed by atoms with E-state index in [1.54, 1.807) is 6.07 Å². The normalized spacial score (nSPS) is 12.5. The molecule has 1 N–H and O–H groups in total. The number of nitrogens with one attached hydrogen (secondary N) is 1. The lowest BCUT2D eigenvalue weighted by Gasteiger charge is -2.13. The summed E-state index contributed by atoms with van der Waals surface area (Å²) in [6.45, 7) is 5.04. The van der Waals surface area contributed by atoms with Gasteiger partial charge in [0, 0.05) is 19.2 Å². The fourth-order valence-corrected chi connectivity index (χ4v) is 1.74. The van der Waals surface area contributed by atoms with Gasteiger partial charge in [-0.25, -0.2) is 4.63 Å². The summed E-state index contributed by atoms with van der Waals surface area (Å²) < 4.78 is 9.96. The zero-order chi connectivity index (χ0) is 13.8. The molecule has 0 saturated carbocycles. The zero-order valence-electron chi connectivity index (χ0n) is 10.6. The van der Waals surface area contributed by atoms with Crippen LogP contribution in [0.1, 0.15) is 13.8 Å². The first-order chi connectivity index (χ1) is 9.13. The zero-order valence-corrected chi connectivity index (χ0v) is 10.6. The molecule has 0 radical (unpaired) electrons. The molecule has 1 heterocycles. The molecule has 0 amide bonds. The van der Waals surface area contributed by atoms with Crippen LogP contribution in [0.4, 0.5) is 11.4 Å². The predicted molar refractivity (Wildman–Crippen MR) is 68.0 cm³/mol. The minimum atomic E-state index is -0.515. The summed E-state index contributed by atoms with van der Waals surface area (Å²) in [5.74, 6) is 0. The van der Waals surface area contributed by atoms with Gasteiger partial charge < -0.3 is 10.1 Å². The third-order valence-corrected chi connectivity index (χ3v) is 2.62. The van der Waals surface area contributed by atoms with Gasteiger partial charge in [-0.1, -0.05) is 0 Å². The van der Waals surface area contributed by atoms with E-state index in [9.17, 15) is 10.1 Å². The van der Waals surface area contributed by atoms with Crippen LogP contribution >= 0.6 is 0 Å². The van der Waals surface area contributed by atoms with Crippen molar-refractivity contribution in [3.8, 4) is 0 Å². The third-order valence-electron chi connectivity index (χ3n) is 2.62. The first-order valence-corrected chi connectivity index (χ1v) is 5.88. The van der Waals surface area contributed by atoms with E-state index < -0.39 is 4.92 Å². The largest absolute Gasteiger partial charge is 0.381 e. The highest BCUT2D eigenvalue weighted by Crippen LogP contribution is 2.28. The Kier molecular flexibility index (Phi) is 3.91. The summed E-state index contributed by atoms with van der Waals surface area (Å²) in [4.78, 5) is 10.3. The Bertz CT molecular complexity index is 583. The first-order valence-electron chi connectivity index (χ1n) is 5.88. The van der Waals surface area contributed by atoms with E-state index in [0.29, 0.717) is 24.4 Å². The molecular formula is C11H14N4O4. The average molecular weight is 266 g/mol. The predicted octanol–water partition coefficient (Wildman–Crippen LogP) is 1.97. The fraction of sp³-hybridized carbons (Fsp3) is 0.455. The van der Waals surface area contributed by atoms with Gasteiger partial charge in [0.1, 0.15) is 0 Å². The minimum Gasteiger partial charge on any atom is -0.381 e. The highest BCUT2D eigenvalue weighted by Gasteiger charge is 2.19. The Morgan fingerprint density at radius 2 is 2.21 bits per heavy atom. The molecule has 19 heavy (non-hydrogen) atoms. The van der Waals surface area contributed by atoms with Crippen molar-refractivity contribution < 1.29 is 14.3 Å². The van der Waals surface area contributed by atoms with Gasteiger partial charge in [0.2, 0.25) is 5.52 Å². The van der Waals surface area contributed by atoms with E-state index in [-0.39, 0.29) is 17.3 Å². The van der Waals surface area contributed by atoms with Gasteiger partial charge >= 0.3 is 5.69 Å². The van der Waals surface area contributed by atoms with Crippen molar-refractivity contribution >= 4 is 22.4 Å². The van der Waals surface area contributed by atoms with Crippen LogP contribution in [-0.2, 0) is 4.74 Å². The number of aromatic nitrogens is 2. The Morgan fingerprint density at radius 1 is 1.47 bits per heavy atom. The number of hydrogen-bond donors (Lipinski definition) is 1. The summed E-state index contributed by atoms with van der Waals surface area (Å²) in [5.41, 5.74) is 0.991. The molecule has 0 bridgehead atoms. The molecule has 0 aliphatic carbocycles. The molecule has 1 atom stereocenters. The molecule has 0 aliphatic heterocycles. The number of anilines is 1. The van der Waals surface area contributed by atoms with Crippen molar-refractivity contribution in [1.29, 1.82) is 0 Å². The van der Waals surface area contributed by atoms with Crippen molar-refractivity contribution in [2.24, 2.45) is 0 Å². The number of fused-ring (bicyclic) bond motifs is 1. The van der Waals surface area contributed by atoms with Crippen molar-refractivity contribution in [1.82, 2.24) is 10.3 Å². The van der Waals surface area contributed by atoms with Gasteiger partial charge in [-0.2, -0.15) is 0 Å². The maximum atomic E-state index is 10.8. The second-order valence-corrected chi connectivity index (χ2v) is 4.00. The maximum absolute atomic E-state index is 10.8. The third kappa shape index (κ3) is 2.79. The van der Waals surface area contributed by atoms with E-state index in [1.807, 2.05) is 13.8 Å². The summed E-state index contributed by atoms with van der Waals surface area (Å²) in [5, 5.41) is 21.2. The summed E-state index contributed by atoms with van der Waals surface area (Å²) in [7, 11) is 0. The first kappa shape index (κ1) is 13.2. The number of ether oxygens (including phenoxy) is 1. The van der Waals surface area contributed by atoms with Gasteiger partial charge in [0.05, 0.1) is 16.7 Å². The van der Waals surface area contributed by atoms with Crippen LogP contribution in [0.3, 0.4) is 0 Å². The molecule has 2 aromatic rings. The van der Waals surface area contributed by atoms with Crippen LogP contribution in [0.5, 0.6) is 0 Å². The summed E-state index contributed by atoms with van der Waals surface area (Å²) in [6.07, 6.45) is 0.0232. The Labute approximate surface area is 108 Å². The molecule has 0 spiro atoms. The van der Waals surface area contributed by atoms with Crippen LogP contribution in [0.2, 0.25) is 0 Å². The molecule has 1 aromatic heterocycles. The minimum absolute atomic E-state index is 0.0232. The quantitative estimate of drug-likeness (QED) is 0.629. The lowest BCUT2D eigenvalue weighted by molar-refractivity contribution is -0.383. The SMILES string of the molecule is CCOC(C)CNc1ccc([N+](=O)[O-])c2nonc12. The highest BCUT2D eigenvalue weighted by atomic mass is 16.6. The number of benzene rings is 1. The van der Waals surface area contributed by atoms with E-state index in [1.165, 1.54) is 6.07 Å². The van der Waals surface area contributed by atoms with Crippen LogP contribution in [0, 0.1) is 10.1 Å². The van der Waals surface area contributed by atoms with E-state index >= 15 is 0 Å². The molecule has 8 nitrogen and oxygen atoms in total. The number of nitro benzene ring substituents is 1. The van der Waals surface area contributed by atoms with Crippen LogP contribution < -0.4 is 5.32 Å². The number of hydrogen-bond acceptors (Lipinski definition) is 7. The molecule has 1 unspecified atom stereocenters. The molecule has 0 aliphatic rings. The number of non-ortho nitro benzene ring substituents is 1.